The molecular weight excluding hydrogens is 300 g/mol. The molecule has 0 atom stereocenters. The van der Waals surface area contributed by atoms with E-state index < -0.39 is 0 Å². The van der Waals surface area contributed by atoms with Gasteiger partial charge in [-0.1, -0.05) is 42.1 Å². The van der Waals surface area contributed by atoms with Crippen LogP contribution in [0.1, 0.15) is 5.56 Å². The van der Waals surface area contributed by atoms with Gasteiger partial charge in [0.15, 0.2) is 4.34 Å². The molecule has 0 aliphatic rings. The molecule has 0 aliphatic heterocycles. The Kier molecular flexibility index (Phi) is 4.75. The maximum absolute atomic E-state index is 5.80. The van der Waals surface area contributed by atoms with E-state index in [4.69, 9.17) is 10.5 Å². The Morgan fingerprint density at radius 3 is 2.76 bits per heavy atom. The quantitative estimate of drug-likeness (QED) is 0.553. The minimum absolute atomic E-state index is 0.501. The number of hydrogen-bond donors (Lipinski definition) is 1. The predicted octanol–water partition coefficient (Wildman–Crippen LogP) is 3.93. The number of fused-ring (bicyclic) bond motifs is 1. The molecule has 0 unspecified atom stereocenters. The van der Waals surface area contributed by atoms with Crippen LogP contribution < -0.4 is 10.5 Å². The lowest BCUT2D eigenvalue weighted by Crippen LogP contribution is -2.05. The maximum Gasteiger partial charge on any atom is 0.151 e. The zero-order valence-corrected chi connectivity index (χ0v) is 13.1. The Balaban J connectivity index is 1.54. The number of hydrogen-bond acceptors (Lipinski definition) is 5. The first-order valence-electron chi connectivity index (χ1n) is 6.76. The van der Waals surface area contributed by atoms with Crippen molar-refractivity contribution in [2.24, 2.45) is 5.73 Å². The van der Waals surface area contributed by atoms with Gasteiger partial charge in [0, 0.05) is 17.9 Å². The second-order valence-corrected chi connectivity index (χ2v) is 6.83. The van der Waals surface area contributed by atoms with Gasteiger partial charge >= 0.3 is 0 Å². The smallest absolute Gasteiger partial charge is 0.151 e. The van der Waals surface area contributed by atoms with Gasteiger partial charge in [0.1, 0.15) is 5.75 Å². The first-order valence-corrected chi connectivity index (χ1v) is 8.56. The molecule has 0 spiro atoms. The molecule has 0 amide bonds. The summed E-state index contributed by atoms with van der Waals surface area (Å²) in [6, 6.07) is 16.1. The van der Waals surface area contributed by atoms with Crippen LogP contribution in [0.15, 0.2) is 52.9 Å². The number of nitrogens with zero attached hydrogens (tertiary/aromatic N) is 1. The maximum atomic E-state index is 5.80. The lowest BCUT2D eigenvalue weighted by molar-refractivity contribution is 0.340. The summed E-state index contributed by atoms with van der Waals surface area (Å²) in [5.74, 6) is 1.75. The predicted molar refractivity (Wildman–Crippen MR) is 90.2 cm³/mol. The van der Waals surface area contributed by atoms with Crippen LogP contribution in [-0.4, -0.2) is 17.3 Å². The molecule has 3 aromatic rings. The van der Waals surface area contributed by atoms with Crippen LogP contribution in [0.2, 0.25) is 0 Å². The molecular formula is C16H16N2OS2. The zero-order chi connectivity index (χ0) is 14.5. The summed E-state index contributed by atoms with van der Waals surface area (Å²) in [5, 5.41) is 0. The van der Waals surface area contributed by atoms with Crippen molar-refractivity contribution in [2.75, 3.05) is 12.4 Å². The van der Waals surface area contributed by atoms with Crippen molar-refractivity contribution in [1.29, 1.82) is 0 Å². The van der Waals surface area contributed by atoms with Gasteiger partial charge in [-0.3, -0.25) is 0 Å². The van der Waals surface area contributed by atoms with E-state index in [-0.39, 0.29) is 0 Å². The summed E-state index contributed by atoms with van der Waals surface area (Å²) in [6.07, 6.45) is 0. The van der Waals surface area contributed by atoms with E-state index in [1.807, 2.05) is 42.5 Å². The van der Waals surface area contributed by atoms with Crippen molar-refractivity contribution >= 4 is 33.3 Å². The molecule has 21 heavy (non-hydrogen) atoms. The van der Waals surface area contributed by atoms with E-state index in [0.29, 0.717) is 13.2 Å². The Morgan fingerprint density at radius 2 is 1.90 bits per heavy atom. The van der Waals surface area contributed by atoms with E-state index in [9.17, 15) is 0 Å². The van der Waals surface area contributed by atoms with Crippen molar-refractivity contribution < 1.29 is 4.74 Å². The minimum atomic E-state index is 0.501. The van der Waals surface area contributed by atoms with E-state index >= 15 is 0 Å². The molecule has 1 aromatic heterocycles. The Hall–Kier alpha value is -1.56. The molecule has 3 nitrogen and oxygen atoms in total. The second kappa shape index (κ2) is 6.93. The molecule has 0 fully saturated rings. The highest BCUT2D eigenvalue weighted by Gasteiger charge is 2.04. The summed E-state index contributed by atoms with van der Waals surface area (Å²) in [6.45, 7) is 1.15. The standard InChI is InChI=1S/C16H16N2OS2/c17-11-12-5-1-3-7-14(12)19-9-10-20-16-18-13-6-2-4-8-15(13)21-16/h1-8H,9-11,17H2. The van der Waals surface area contributed by atoms with Crippen LogP contribution in [0.25, 0.3) is 10.2 Å². The van der Waals surface area contributed by atoms with Crippen LogP contribution in [0, 0.1) is 0 Å². The summed E-state index contributed by atoms with van der Waals surface area (Å²) in [7, 11) is 0. The number of thioether (sulfide) groups is 1. The zero-order valence-electron chi connectivity index (χ0n) is 11.5. The SMILES string of the molecule is NCc1ccccc1OCCSc1nc2ccccc2s1. The van der Waals surface area contributed by atoms with Gasteiger partial charge in [-0.15, -0.1) is 11.3 Å². The van der Waals surface area contributed by atoms with Crippen LogP contribution in [0.4, 0.5) is 0 Å². The van der Waals surface area contributed by atoms with Gasteiger partial charge in [0.25, 0.3) is 0 Å². The van der Waals surface area contributed by atoms with Crippen LogP contribution >= 0.6 is 23.1 Å². The topological polar surface area (TPSA) is 48.1 Å². The molecule has 0 aliphatic carbocycles. The molecule has 3 rings (SSSR count). The fourth-order valence-corrected chi connectivity index (χ4v) is 3.96. The summed E-state index contributed by atoms with van der Waals surface area (Å²) >= 11 is 3.46. The molecule has 2 N–H and O–H groups in total. The summed E-state index contributed by atoms with van der Waals surface area (Å²) in [4.78, 5) is 4.60. The Bertz CT molecular complexity index is 694. The molecule has 108 valence electrons. The lowest BCUT2D eigenvalue weighted by atomic mass is 10.2. The normalized spacial score (nSPS) is 10.9. The van der Waals surface area contributed by atoms with Gasteiger partial charge in [-0.2, -0.15) is 0 Å². The number of benzene rings is 2. The van der Waals surface area contributed by atoms with Gasteiger partial charge in [0.2, 0.25) is 0 Å². The molecule has 1 heterocycles. The van der Waals surface area contributed by atoms with E-state index in [0.717, 1.165) is 26.9 Å². The van der Waals surface area contributed by atoms with Crippen molar-refractivity contribution in [3.05, 3.63) is 54.1 Å². The Labute approximate surface area is 132 Å². The average Bonchev–Trinajstić information content (AvgIpc) is 2.94. The van der Waals surface area contributed by atoms with Crippen molar-refractivity contribution in [3.8, 4) is 5.75 Å². The fraction of sp³-hybridized carbons (Fsp3) is 0.188. The molecule has 0 saturated carbocycles. The molecule has 2 aromatic carbocycles. The van der Waals surface area contributed by atoms with Gasteiger partial charge < -0.3 is 10.5 Å². The first kappa shape index (κ1) is 14.4. The third-order valence-electron chi connectivity index (χ3n) is 3.03. The van der Waals surface area contributed by atoms with Gasteiger partial charge in [0.05, 0.1) is 16.8 Å². The third kappa shape index (κ3) is 3.56. The molecule has 0 radical (unpaired) electrons. The molecule has 0 bridgehead atoms. The number of aromatic nitrogens is 1. The van der Waals surface area contributed by atoms with Gasteiger partial charge in [-0.05, 0) is 18.2 Å². The first-order chi connectivity index (χ1) is 10.4. The number of ether oxygens (including phenoxy) is 1. The number of thiazole rings is 1. The summed E-state index contributed by atoms with van der Waals surface area (Å²) in [5.41, 5.74) is 7.81. The van der Waals surface area contributed by atoms with Crippen molar-refractivity contribution in [3.63, 3.8) is 0 Å². The van der Waals surface area contributed by atoms with E-state index in [1.165, 1.54) is 4.70 Å². The lowest BCUT2D eigenvalue weighted by Gasteiger charge is -2.09. The van der Waals surface area contributed by atoms with Gasteiger partial charge in [-0.25, -0.2) is 4.98 Å². The number of nitrogens with two attached hydrogens (primary N) is 1. The third-order valence-corrected chi connectivity index (χ3v) is 5.18. The van der Waals surface area contributed by atoms with E-state index in [1.54, 1.807) is 23.1 Å². The monoisotopic (exact) mass is 316 g/mol. The number of rotatable bonds is 6. The minimum Gasteiger partial charge on any atom is -0.492 e. The van der Waals surface area contributed by atoms with Crippen molar-refractivity contribution in [1.82, 2.24) is 4.98 Å². The molecule has 5 heteroatoms. The van der Waals surface area contributed by atoms with Crippen LogP contribution in [-0.2, 0) is 6.54 Å². The van der Waals surface area contributed by atoms with Crippen LogP contribution in [0.3, 0.4) is 0 Å². The number of para-hydroxylation sites is 2. The highest BCUT2D eigenvalue weighted by molar-refractivity contribution is 8.01. The highest BCUT2D eigenvalue weighted by atomic mass is 32.2. The van der Waals surface area contributed by atoms with Crippen molar-refractivity contribution in [2.45, 2.75) is 10.9 Å². The highest BCUT2D eigenvalue weighted by Crippen LogP contribution is 2.29. The average molecular weight is 316 g/mol. The largest absolute Gasteiger partial charge is 0.492 e. The fourth-order valence-electron chi connectivity index (χ4n) is 2.01. The van der Waals surface area contributed by atoms with Crippen LogP contribution in [0.5, 0.6) is 5.75 Å². The van der Waals surface area contributed by atoms with E-state index in [2.05, 4.69) is 11.1 Å². The summed E-state index contributed by atoms with van der Waals surface area (Å²) < 4.78 is 8.12. The Morgan fingerprint density at radius 1 is 1.10 bits per heavy atom. The second-order valence-electron chi connectivity index (χ2n) is 4.46. The molecule has 0 saturated heterocycles.